The van der Waals surface area contributed by atoms with Crippen molar-refractivity contribution < 1.29 is 21.1 Å². The van der Waals surface area contributed by atoms with Gasteiger partial charge in [0.15, 0.2) is 0 Å². The zero-order valence-corrected chi connectivity index (χ0v) is 25.8. The van der Waals surface area contributed by atoms with Crippen molar-refractivity contribution in [1.82, 2.24) is 19.1 Å². The Labute approximate surface area is 256 Å². The van der Waals surface area contributed by atoms with Crippen LogP contribution in [0.4, 0.5) is 0 Å². The van der Waals surface area contributed by atoms with Gasteiger partial charge in [-0.1, -0.05) is 64.1 Å². The van der Waals surface area contributed by atoms with E-state index in [0.717, 1.165) is 56.7 Å². The summed E-state index contributed by atoms with van der Waals surface area (Å²) in [5, 5.41) is 0. The number of aromatic nitrogens is 4. The van der Waals surface area contributed by atoms with Gasteiger partial charge in [-0.25, -0.2) is 21.1 Å². The number of nitrogens with zero attached hydrogens (tertiary/aromatic N) is 4. The molecule has 0 spiro atoms. The number of rotatable bonds is 2. The average molecular weight is 714 g/mol. The molecule has 4 nitrogen and oxygen atoms in total. The first-order valence-electron chi connectivity index (χ1n) is 13.7. The molecule has 1 aliphatic heterocycles. The Morgan fingerprint density at radius 1 is 0.512 bits per heavy atom. The standard InChI is InChI=1S/C36H30N4.Pt/c1-35(2)27-15-11-13-25(21-27)26-14-12-16-28(22-26)36(3,4)34-38-32(24-40(34)30-19-9-6-10-20-30)31-23-39(33(35)37-31)29-17-7-5-8-18-29;/h5-20,23-24H,1-4H3;/q-2;+2. The number of para-hydroxylation sites is 2. The van der Waals surface area contributed by atoms with Crippen molar-refractivity contribution >= 4 is 0 Å². The summed E-state index contributed by atoms with van der Waals surface area (Å²) in [6.07, 6.45) is 4.24. The van der Waals surface area contributed by atoms with E-state index in [9.17, 15) is 0 Å². The predicted molar refractivity (Wildman–Crippen MR) is 160 cm³/mol. The number of benzene rings is 4. The third kappa shape index (κ3) is 4.51. The van der Waals surface area contributed by atoms with Gasteiger partial charge in [0.05, 0.1) is 0 Å². The maximum absolute atomic E-state index is 5.30. The number of hydrogen-bond acceptors (Lipinski definition) is 2. The van der Waals surface area contributed by atoms with Crippen molar-refractivity contribution in [2.45, 2.75) is 38.5 Å². The van der Waals surface area contributed by atoms with Crippen LogP contribution in [0.15, 0.2) is 109 Å². The van der Waals surface area contributed by atoms with E-state index in [0.29, 0.717) is 0 Å². The fourth-order valence-corrected chi connectivity index (χ4v) is 5.68. The molecule has 0 unspecified atom stereocenters. The summed E-state index contributed by atoms with van der Waals surface area (Å²) >= 11 is 0. The van der Waals surface area contributed by atoms with Crippen LogP contribution in [-0.2, 0) is 31.9 Å². The number of fused-ring (bicyclic) bond motifs is 10. The minimum atomic E-state index is -0.435. The van der Waals surface area contributed by atoms with Gasteiger partial charge >= 0.3 is 21.1 Å². The summed E-state index contributed by atoms with van der Waals surface area (Å²) in [5.74, 6) is 1.87. The summed E-state index contributed by atoms with van der Waals surface area (Å²) in [6.45, 7) is 8.88. The summed E-state index contributed by atoms with van der Waals surface area (Å²) in [6, 6.07) is 41.1. The molecule has 6 aromatic rings. The van der Waals surface area contributed by atoms with Gasteiger partial charge in [-0.15, -0.1) is 23.3 Å². The number of hydrogen-bond donors (Lipinski definition) is 0. The molecule has 0 aliphatic carbocycles. The molecule has 1 aliphatic rings. The van der Waals surface area contributed by atoms with Crippen LogP contribution in [0.2, 0.25) is 0 Å². The van der Waals surface area contributed by atoms with Crippen LogP contribution in [0.3, 0.4) is 0 Å². The van der Waals surface area contributed by atoms with Crippen LogP contribution in [0, 0.1) is 12.1 Å². The zero-order chi connectivity index (χ0) is 27.5. The molecule has 41 heavy (non-hydrogen) atoms. The minimum Gasteiger partial charge on any atom is -0.302 e. The molecular weight excluding hydrogens is 684 g/mol. The maximum atomic E-state index is 5.30. The molecule has 0 amide bonds. The Morgan fingerprint density at radius 3 is 1.29 bits per heavy atom. The van der Waals surface area contributed by atoms with Gasteiger partial charge in [0.2, 0.25) is 0 Å². The van der Waals surface area contributed by atoms with Gasteiger partial charge in [0, 0.05) is 34.6 Å². The molecule has 5 heteroatoms. The van der Waals surface area contributed by atoms with Gasteiger partial charge in [0.1, 0.15) is 23.0 Å². The largest absolute Gasteiger partial charge is 2.00 e. The van der Waals surface area contributed by atoms with Crippen LogP contribution in [0.5, 0.6) is 0 Å². The molecule has 0 fully saturated rings. The van der Waals surface area contributed by atoms with E-state index in [2.05, 4.69) is 146 Å². The zero-order valence-electron chi connectivity index (χ0n) is 23.5. The second-order valence-electron chi connectivity index (χ2n) is 11.5. The second-order valence-corrected chi connectivity index (χ2v) is 11.5. The van der Waals surface area contributed by atoms with Crippen LogP contribution < -0.4 is 0 Å². The van der Waals surface area contributed by atoms with Crippen molar-refractivity contribution in [3.63, 3.8) is 0 Å². The van der Waals surface area contributed by atoms with Crippen LogP contribution in [0.1, 0.15) is 50.5 Å². The van der Waals surface area contributed by atoms with Crippen molar-refractivity contribution in [3.8, 4) is 33.9 Å². The molecule has 0 radical (unpaired) electrons. The van der Waals surface area contributed by atoms with Crippen molar-refractivity contribution in [2.75, 3.05) is 0 Å². The summed E-state index contributed by atoms with van der Waals surface area (Å²) in [5.41, 5.74) is 7.12. The van der Waals surface area contributed by atoms with Crippen LogP contribution in [0.25, 0.3) is 33.9 Å². The third-order valence-electron chi connectivity index (χ3n) is 8.09. The molecule has 3 heterocycles. The third-order valence-corrected chi connectivity index (χ3v) is 8.09. The van der Waals surface area contributed by atoms with Crippen LogP contribution in [-0.4, -0.2) is 19.1 Å². The van der Waals surface area contributed by atoms with Crippen molar-refractivity contribution in [1.29, 1.82) is 0 Å². The molecule has 8 bridgehead atoms. The Balaban J connectivity index is 0.00000302. The van der Waals surface area contributed by atoms with E-state index in [1.165, 1.54) is 0 Å². The Hall–Kier alpha value is -4.01. The molecule has 4 aromatic carbocycles. The number of imidazole rings is 2. The van der Waals surface area contributed by atoms with E-state index in [-0.39, 0.29) is 21.1 Å². The Morgan fingerprint density at radius 2 is 0.902 bits per heavy atom. The van der Waals surface area contributed by atoms with E-state index < -0.39 is 10.8 Å². The van der Waals surface area contributed by atoms with Gasteiger partial charge in [-0.05, 0) is 24.3 Å². The summed E-state index contributed by atoms with van der Waals surface area (Å²) < 4.78 is 4.40. The first-order valence-corrected chi connectivity index (χ1v) is 13.7. The Bertz CT molecular complexity index is 1710. The van der Waals surface area contributed by atoms with E-state index in [1.807, 2.05) is 12.1 Å². The molecule has 0 N–H and O–H groups in total. The average Bonchev–Trinajstić information content (AvgIpc) is 3.64. The fraction of sp³-hybridized carbons (Fsp3) is 0.167. The summed E-state index contributed by atoms with van der Waals surface area (Å²) in [7, 11) is 0. The SMILES string of the molecule is CC1(C)c2[c-]c(ccc2)-c2[c-]c(ccc2)C(C)(C)c2nc(cn2-c2ccccc2)-c2cn(-c3ccccc3)c1n2.[Pt+2]. The minimum absolute atomic E-state index is 0. The topological polar surface area (TPSA) is 35.6 Å². The maximum Gasteiger partial charge on any atom is 2.00 e. The molecule has 0 saturated carbocycles. The predicted octanol–water partition coefficient (Wildman–Crippen LogP) is 7.96. The molecular formula is C36H30N4Pt. The fourth-order valence-electron chi connectivity index (χ4n) is 5.68. The van der Waals surface area contributed by atoms with Gasteiger partial charge in [0.25, 0.3) is 0 Å². The van der Waals surface area contributed by atoms with E-state index >= 15 is 0 Å². The van der Waals surface area contributed by atoms with Gasteiger partial charge < -0.3 is 9.13 Å². The molecule has 204 valence electrons. The smallest absolute Gasteiger partial charge is 0.302 e. The van der Waals surface area contributed by atoms with E-state index in [1.54, 1.807) is 0 Å². The van der Waals surface area contributed by atoms with Gasteiger partial charge in [-0.2, -0.15) is 36.4 Å². The summed E-state index contributed by atoms with van der Waals surface area (Å²) in [4.78, 5) is 10.6. The normalized spacial score (nSPS) is 14.5. The first-order chi connectivity index (χ1) is 19.3. The van der Waals surface area contributed by atoms with Crippen molar-refractivity contribution in [2.24, 2.45) is 0 Å². The molecule has 2 aromatic heterocycles. The van der Waals surface area contributed by atoms with Crippen molar-refractivity contribution in [3.05, 3.63) is 144 Å². The van der Waals surface area contributed by atoms with Gasteiger partial charge in [-0.3, -0.25) is 0 Å². The molecule has 0 atom stereocenters. The molecule has 0 saturated heterocycles. The monoisotopic (exact) mass is 713 g/mol. The quantitative estimate of drug-likeness (QED) is 0.171. The van der Waals surface area contributed by atoms with E-state index in [4.69, 9.17) is 9.97 Å². The molecule has 7 rings (SSSR count). The second kappa shape index (κ2) is 10.1. The first kappa shape index (κ1) is 27.2. The van der Waals surface area contributed by atoms with Crippen LogP contribution >= 0.6 is 0 Å². The Kier molecular flexibility index (Phi) is 6.71.